The van der Waals surface area contributed by atoms with Crippen molar-refractivity contribution in [3.05, 3.63) is 47.5 Å². The number of carboxylic acid groups (broad SMARTS) is 1. The molecule has 0 saturated heterocycles. The van der Waals surface area contributed by atoms with Gasteiger partial charge >= 0.3 is 5.97 Å². The van der Waals surface area contributed by atoms with Gasteiger partial charge in [-0.15, -0.1) is 10.2 Å². The first kappa shape index (κ1) is 13.3. The molecule has 0 aliphatic heterocycles. The topological polar surface area (TPSA) is 68.0 Å². The van der Waals surface area contributed by atoms with E-state index < -0.39 is 5.97 Å². The fourth-order valence-electron chi connectivity index (χ4n) is 2.01. The Labute approximate surface area is 111 Å². The minimum atomic E-state index is -0.768. The van der Waals surface area contributed by atoms with Crippen LogP contribution in [0.5, 0.6) is 0 Å². The van der Waals surface area contributed by atoms with E-state index in [0.29, 0.717) is 13.0 Å². The van der Waals surface area contributed by atoms with Crippen molar-refractivity contribution in [1.29, 1.82) is 0 Å². The lowest BCUT2D eigenvalue weighted by Gasteiger charge is -2.07. The van der Waals surface area contributed by atoms with E-state index in [1.807, 2.05) is 41.8 Å². The predicted molar refractivity (Wildman–Crippen MR) is 70.9 cm³/mol. The van der Waals surface area contributed by atoms with Crippen molar-refractivity contribution in [2.75, 3.05) is 0 Å². The Morgan fingerprint density at radius 3 is 2.68 bits per heavy atom. The van der Waals surface area contributed by atoms with Crippen LogP contribution in [0.25, 0.3) is 0 Å². The molecule has 100 valence electrons. The third-order valence-electron chi connectivity index (χ3n) is 2.99. The van der Waals surface area contributed by atoms with Gasteiger partial charge in [0.05, 0.1) is 0 Å². The van der Waals surface area contributed by atoms with Gasteiger partial charge in [-0.1, -0.05) is 30.3 Å². The van der Waals surface area contributed by atoms with E-state index in [0.717, 1.165) is 18.1 Å². The first-order valence-electron chi connectivity index (χ1n) is 6.31. The van der Waals surface area contributed by atoms with Gasteiger partial charge in [-0.2, -0.15) is 0 Å². The minimum Gasteiger partial charge on any atom is -0.481 e. The summed E-state index contributed by atoms with van der Waals surface area (Å²) in [5.41, 5.74) is 1.18. The Balaban J connectivity index is 2.07. The van der Waals surface area contributed by atoms with Gasteiger partial charge in [0.25, 0.3) is 0 Å². The van der Waals surface area contributed by atoms with Crippen LogP contribution < -0.4 is 0 Å². The zero-order valence-corrected chi connectivity index (χ0v) is 10.9. The van der Waals surface area contributed by atoms with E-state index in [9.17, 15) is 4.79 Å². The maximum atomic E-state index is 10.5. The Hall–Kier alpha value is -2.17. The van der Waals surface area contributed by atoms with Crippen molar-refractivity contribution in [1.82, 2.24) is 14.8 Å². The molecule has 1 N–H and O–H groups in total. The zero-order valence-electron chi connectivity index (χ0n) is 10.9. The van der Waals surface area contributed by atoms with Crippen molar-refractivity contribution in [3.63, 3.8) is 0 Å². The highest BCUT2D eigenvalue weighted by Gasteiger charge is 2.09. The molecule has 0 aliphatic rings. The highest BCUT2D eigenvalue weighted by Crippen LogP contribution is 2.10. The van der Waals surface area contributed by atoms with Crippen LogP contribution in [-0.2, 0) is 17.8 Å². The first-order valence-corrected chi connectivity index (χ1v) is 6.31. The Morgan fingerprint density at radius 2 is 2.00 bits per heavy atom. The largest absolute Gasteiger partial charge is 0.481 e. The average molecular weight is 259 g/mol. The van der Waals surface area contributed by atoms with Crippen LogP contribution in [-0.4, -0.2) is 25.8 Å². The number of carboxylic acids is 1. The Bertz CT molecular complexity index is 549. The molecule has 2 aromatic rings. The van der Waals surface area contributed by atoms with Gasteiger partial charge in [0.2, 0.25) is 0 Å². The Morgan fingerprint density at radius 1 is 1.26 bits per heavy atom. The summed E-state index contributed by atoms with van der Waals surface area (Å²) in [6.07, 6.45) is 1.48. The second-order valence-corrected chi connectivity index (χ2v) is 4.47. The summed E-state index contributed by atoms with van der Waals surface area (Å²) < 4.78 is 2.00. The van der Waals surface area contributed by atoms with E-state index in [2.05, 4.69) is 10.2 Å². The van der Waals surface area contributed by atoms with Crippen molar-refractivity contribution >= 4 is 5.97 Å². The lowest BCUT2D eigenvalue weighted by Crippen LogP contribution is -2.08. The third kappa shape index (κ3) is 3.64. The van der Waals surface area contributed by atoms with Gasteiger partial charge in [-0.25, -0.2) is 0 Å². The summed E-state index contributed by atoms with van der Waals surface area (Å²) in [5, 5.41) is 16.9. The summed E-state index contributed by atoms with van der Waals surface area (Å²) >= 11 is 0. The molecule has 5 heteroatoms. The van der Waals surface area contributed by atoms with E-state index >= 15 is 0 Å². The molecule has 0 saturated carbocycles. The van der Waals surface area contributed by atoms with Crippen LogP contribution in [0.1, 0.15) is 30.1 Å². The second kappa shape index (κ2) is 6.13. The number of aryl methyl sites for hydroxylation is 1. The van der Waals surface area contributed by atoms with Crippen molar-refractivity contribution < 1.29 is 9.90 Å². The quantitative estimate of drug-likeness (QED) is 0.862. The summed E-state index contributed by atoms with van der Waals surface area (Å²) in [6, 6.07) is 10.1. The Kier molecular flexibility index (Phi) is 4.28. The molecule has 2 rings (SSSR count). The number of benzene rings is 1. The van der Waals surface area contributed by atoms with Gasteiger partial charge < -0.3 is 9.67 Å². The third-order valence-corrected chi connectivity index (χ3v) is 2.99. The smallest absolute Gasteiger partial charge is 0.303 e. The lowest BCUT2D eigenvalue weighted by molar-refractivity contribution is -0.137. The van der Waals surface area contributed by atoms with Crippen LogP contribution in [0.3, 0.4) is 0 Å². The molecule has 0 bridgehead atoms. The van der Waals surface area contributed by atoms with E-state index in [1.165, 1.54) is 5.56 Å². The molecule has 0 atom stereocenters. The number of hydrogen-bond acceptors (Lipinski definition) is 3. The van der Waals surface area contributed by atoms with Gasteiger partial charge in [0.15, 0.2) is 0 Å². The van der Waals surface area contributed by atoms with E-state index in [4.69, 9.17) is 5.11 Å². The number of rotatable bonds is 6. The van der Waals surface area contributed by atoms with Crippen molar-refractivity contribution in [3.8, 4) is 0 Å². The van der Waals surface area contributed by atoms with E-state index in [-0.39, 0.29) is 6.42 Å². The molecule has 1 aromatic heterocycles. The van der Waals surface area contributed by atoms with Crippen LogP contribution in [0.2, 0.25) is 0 Å². The molecule has 0 spiro atoms. The van der Waals surface area contributed by atoms with Crippen LogP contribution in [0, 0.1) is 6.92 Å². The molecule has 1 aromatic carbocycles. The summed E-state index contributed by atoms with van der Waals surface area (Å²) in [4.78, 5) is 10.5. The number of aliphatic carboxylic acids is 1. The molecule has 1 heterocycles. The number of aromatic nitrogens is 3. The monoisotopic (exact) mass is 259 g/mol. The van der Waals surface area contributed by atoms with Crippen LogP contribution in [0.15, 0.2) is 30.3 Å². The molecule has 0 amide bonds. The van der Waals surface area contributed by atoms with Crippen molar-refractivity contribution in [2.45, 2.75) is 32.7 Å². The highest BCUT2D eigenvalue weighted by molar-refractivity contribution is 5.66. The standard InChI is InChI=1S/C14H17N3O2/c1-11-15-16-13(10-12-6-3-2-4-7-12)17(11)9-5-8-14(18)19/h2-4,6-7H,5,8-10H2,1H3,(H,18,19). The number of hydrogen-bond donors (Lipinski definition) is 1. The van der Waals surface area contributed by atoms with Crippen molar-refractivity contribution in [2.24, 2.45) is 0 Å². The lowest BCUT2D eigenvalue weighted by atomic mass is 10.1. The predicted octanol–water partition coefficient (Wildman–Crippen LogP) is 2.04. The molecular weight excluding hydrogens is 242 g/mol. The minimum absolute atomic E-state index is 0.169. The summed E-state index contributed by atoms with van der Waals surface area (Å²) in [5.74, 6) is 0.945. The molecule has 19 heavy (non-hydrogen) atoms. The molecule has 5 nitrogen and oxygen atoms in total. The van der Waals surface area contributed by atoms with Gasteiger partial charge in [-0.3, -0.25) is 4.79 Å². The second-order valence-electron chi connectivity index (χ2n) is 4.47. The molecule has 0 fully saturated rings. The average Bonchev–Trinajstić information content (AvgIpc) is 2.72. The van der Waals surface area contributed by atoms with Crippen LogP contribution in [0.4, 0.5) is 0 Å². The maximum absolute atomic E-state index is 10.5. The van der Waals surface area contributed by atoms with Gasteiger partial charge in [0, 0.05) is 19.4 Å². The normalized spacial score (nSPS) is 10.6. The molecular formula is C14H17N3O2. The van der Waals surface area contributed by atoms with Gasteiger partial charge in [-0.05, 0) is 18.9 Å². The van der Waals surface area contributed by atoms with E-state index in [1.54, 1.807) is 0 Å². The molecule has 0 unspecified atom stereocenters. The SMILES string of the molecule is Cc1nnc(Cc2ccccc2)n1CCCC(=O)O. The maximum Gasteiger partial charge on any atom is 0.303 e. The highest BCUT2D eigenvalue weighted by atomic mass is 16.4. The molecule has 0 aliphatic carbocycles. The first-order chi connectivity index (χ1) is 9.16. The number of nitrogens with zero attached hydrogens (tertiary/aromatic N) is 3. The summed E-state index contributed by atoms with van der Waals surface area (Å²) in [7, 11) is 0. The summed E-state index contributed by atoms with van der Waals surface area (Å²) in [6.45, 7) is 2.54. The molecule has 0 radical (unpaired) electrons. The fourth-order valence-corrected chi connectivity index (χ4v) is 2.01. The van der Waals surface area contributed by atoms with Crippen LogP contribution >= 0.6 is 0 Å². The fraction of sp³-hybridized carbons (Fsp3) is 0.357. The zero-order chi connectivity index (χ0) is 13.7. The van der Waals surface area contributed by atoms with Gasteiger partial charge in [0.1, 0.15) is 11.6 Å². The number of carbonyl (C=O) groups is 1.